The van der Waals surface area contributed by atoms with Crippen LogP contribution in [0.3, 0.4) is 0 Å². The minimum Gasteiger partial charge on any atom is -0.357 e. The van der Waals surface area contributed by atoms with Gasteiger partial charge in [0.2, 0.25) is 0 Å². The van der Waals surface area contributed by atoms with E-state index in [1.165, 1.54) is 77.7 Å². The van der Waals surface area contributed by atoms with Crippen molar-refractivity contribution in [1.82, 2.24) is 24.9 Å². The Morgan fingerprint density at radius 2 is 1.73 bits per heavy atom. The zero-order chi connectivity index (χ0) is 20.7. The summed E-state index contributed by atoms with van der Waals surface area (Å²) in [5, 5.41) is 3.59. The fourth-order valence-corrected chi connectivity index (χ4v) is 5.59. The Balaban J connectivity index is 0.00000320. The summed E-state index contributed by atoms with van der Waals surface area (Å²) in [6.45, 7) is 14.8. The van der Waals surface area contributed by atoms with Gasteiger partial charge in [-0.2, -0.15) is 0 Å². The van der Waals surface area contributed by atoms with Gasteiger partial charge in [0.1, 0.15) is 0 Å². The number of halogens is 1. The molecule has 3 rings (SSSR count). The highest BCUT2D eigenvalue weighted by Crippen LogP contribution is 2.32. The van der Waals surface area contributed by atoms with E-state index in [1.54, 1.807) is 0 Å². The van der Waals surface area contributed by atoms with Crippen LogP contribution in [0.5, 0.6) is 0 Å². The van der Waals surface area contributed by atoms with E-state index in [1.807, 2.05) is 0 Å². The van der Waals surface area contributed by atoms with E-state index in [0.29, 0.717) is 6.04 Å². The summed E-state index contributed by atoms with van der Waals surface area (Å²) >= 11 is 0. The molecule has 7 heteroatoms. The molecule has 1 unspecified atom stereocenters. The van der Waals surface area contributed by atoms with Crippen molar-refractivity contribution in [1.29, 1.82) is 0 Å². The van der Waals surface area contributed by atoms with Crippen molar-refractivity contribution in [3.63, 3.8) is 0 Å². The Hall–Kier alpha value is -0.120. The van der Waals surface area contributed by atoms with Crippen LogP contribution in [0.2, 0.25) is 0 Å². The Morgan fingerprint density at radius 1 is 1.03 bits per heavy atom. The Morgan fingerprint density at radius 3 is 2.37 bits per heavy atom. The zero-order valence-electron chi connectivity index (χ0n) is 20.0. The van der Waals surface area contributed by atoms with Crippen LogP contribution in [-0.4, -0.2) is 110 Å². The smallest absolute Gasteiger partial charge is 0.193 e. The molecule has 176 valence electrons. The average Bonchev–Trinajstić information content (AvgIpc) is 3.20. The van der Waals surface area contributed by atoms with Crippen LogP contribution in [0.25, 0.3) is 0 Å². The number of likely N-dealkylation sites (tertiary alicyclic amines) is 3. The summed E-state index contributed by atoms with van der Waals surface area (Å²) in [6, 6.07) is 0.674. The van der Waals surface area contributed by atoms with Crippen LogP contribution in [-0.2, 0) is 0 Å². The molecule has 6 nitrogen and oxygen atoms in total. The lowest BCUT2D eigenvalue weighted by atomic mass is 9.84. The van der Waals surface area contributed by atoms with E-state index in [2.05, 4.69) is 52.9 Å². The second kappa shape index (κ2) is 12.8. The van der Waals surface area contributed by atoms with Crippen molar-refractivity contribution >= 4 is 29.9 Å². The second-order valence-electron chi connectivity index (χ2n) is 9.55. The highest BCUT2D eigenvalue weighted by molar-refractivity contribution is 14.0. The van der Waals surface area contributed by atoms with Crippen molar-refractivity contribution in [2.24, 2.45) is 4.99 Å². The minimum atomic E-state index is 0. The molecule has 0 spiro atoms. The van der Waals surface area contributed by atoms with Gasteiger partial charge in [0.25, 0.3) is 0 Å². The van der Waals surface area contributed by atoms with Crippen molar-refractivity contribution in [2.75, 3.05) is 73.0 Å². The topological polar surface area (TPSA) is 37.4 Å². The zero-order valence-corrected chi connectivity index (χ0v) is 22.4. The van der Waals surface area contributed by atoms with Crippen LogP contribution in [0.4, 0.5) is 0 Å². The van der Waals surface area contributed by atoms with Crippen LogP contribution < -0.4 is 5.32 Å². The molecule has 0 aromatic heterocycles. The van der Waals surface area contributed by atoms with E-state index in [9.17, 15) is 0 Å². The Kier molecular flexibility index (Phi) is 11.1. The molecule has 0 aliphatic carbocycles. The number of likely N-dealkylation sites (N-methyl/N-ethyl adjacent to an activating group) is 2. The first-order valence-corrected chi connectivity index (χ1v) is 12.2. The maximum Gasteiger partial charge on any atom is 0.193 e. The molecule has 1 atom stereocenters. The van der Waals surface area contributed by atoms with Crippen LogP contribution in [0.1, 0.15) is 58.8 Å². The second-order valence-corrected chi connectivity index (χ2v) is 9.55. The predicted octanol–water partition coefficient (Wildman–Crippen LogP) is 2.94. The fourth-order valence-electron chi connectivity index (χ4n) is 5.59. The van der Waals surface area contributed by atoms with E-state index >= 15 is 0 Å². The van der Waals surface area contributed by atoms with Gasteiger partial charge in [0.05, 0.1) is 6.54 Å². The quantitative estimate of drug-likeness (QED) is 0.309. The number of hydrogen-bond acceptors (Lipinski definition) is 4. The van der Waals surface area contributed by atoms with Gasteiger partial charge in [-0.15, -0.1) is 24.0 Å². The van der Waals surface area contributed by atoms with Crippen LogP contribution in [0.15, 0.2) is 4.99 Å². The van der Waals surface area contributed by atoms with Crippen LogP contribution >= 0.6 is 24.0 Å². The van der Waals surface area contributed by atoms with Gasteiger partial charge in [0, 0.05) is 31.7 Å². The number of nitrogens with one attached hydrogen (secondary N) is 1. The third-order valence-electron chi connectivity index (χ3n) is 7.55. The molecule has 0 aromatic rings. The average molecular weight is 535 g/mol. The third kappa shape index (κ3) is 6.69. The molecule has 0 amide bonds. The van der Waals surface area contributed by atoms with Gasteiger partial charge in [-0.3, -0.25) is 14.8 Å². The lowest BCUT2D eigenvalue weighted by Gasteiger charge is -2.49. The summed E-state index contributed by atoms with van der Waals surface area (Å²) in [7, 11) is 4.50. The molecule has 3 saturated heterocycles. The standard InChI is InChI=1S/C23H46N6.HI/c1-5-24-22(27(4)19-21-11-10-14-28(21)6-2)25-20-23(12-17-26(3)18-13-23)29-15-8-7-9-16-29;/h21H,5-20H2,1-4H3,(H,24,25);1H. The highest BCUT2D eigenvalue weighted by Gasteiger charge is 2.39. The number of piperidine rings is 2. The maximum absolute atomic E-state index is 5.26. The van der Waals surface area contributed by atoms with Gasteiger partial charge in [-0.1, -0.05) is 13.3 Å². The molecular formula is C23H47IN6. The first kappa shape index (κ1) is 26.1. The van der Waals surface area contributed by atoms with Gasteiger partial charge in [-0.05, 0) is 91.8 Å². The normalized spacial score (nSPS) is 26.4. The molecule has 3 fully saturated rings. The molecule has 0 radical (unpaired) electrons. The predicted molar refractivity (Wildman–Crippen MR) is 139 cm³/mol. The SMILES string of the molecule is CCNC(=NCC1(N2CCCCC2)CCN(C)CC1)N(C)CC1CCCN1CC.I. The number of nitrogens with zero attached hydrogens (tertiary/aromatic N) is 5. The van der Waals surface area contributed by atoms with Crippen molar-refractivity contribution in [3.05, 3.63) is 0 Å². The van der Waals surface area contributed by atoms with E-state index in [-0.39, 0.29) is 29.5 Å². The van der Waals surface area contributed by atoms with Crippen molar-refractivity contribution in [3.8, 4) is 0 Å². The summed E-state index contributed by atoms with van der Waals surface area (Å²) in [4.78, 5) is 15.6. The highest BCUT2D eigenvalue weighted by atomic mass is 127. The Bertz CT molecular complexity index is 514. The lowest BCUT2D eigenvalue weighted by molar-refractivity contribution is 0.0206. The third-order valence-corrected chi connectivity index (χ3v) is 7.55. The first-order chi connectivity index (χ1) is 14.1. The number of guanidine groups is 1. The van der Waals surface area contributed by atoms with Gasteiger partial charge >= 0.3 is 0 Å². The monoisotopic (exact) mass is 534 g/mol. The first-order valence-electron chi connectivity index (χ1n) is 12.2. The lowest BCUT2D eigenvalue weighted by Crippen LogP contribution is -2.58. The van der Waals surface area contributed by atoms with Gasteiger partial charge in [-0.25, -0.2) is 0 Å². The molecule has 3 heterocycles. The van der Waals surface area contributed by atoms with Gasteiger partial charge < -0.3 is 15.1 Å². The molecule has 30 heavy (non-hydrogen) atoms. The molecule has 3 aliphatic rings. The molecule has 1 N–H and O–H groups in total. The summed E-state index contributed by atoms with van der Waals surface area (Å²) in [5.41, 5.74) is 0.261. The summed E-state index contributed by atoms with van der Waals surface area (Å²) < 4.78 is 0. The molecule has 0 saturated carbocycles. The molecular weight excluding hydrogens is 487 g/mol. The largest absolute Gasteiger partial charge is 0.357 e. The maximum atomic E-state index is 5.26. The van der Waals surface area contributed by atoms with E-state index in [4.69, 9.17) is 4.99 Å². The molecule has 0 aromatic carbocycles. The van der Waals surface area contributed by atoms with Crippen molar-refractivity contribution < 1.29 is 0 Å². The Labute approximate surface area is 202 Å². The van der Waals surface area contributed by atoms with Gasteiger partial charge in [0.15, 0.2) is 5.96 Å². The summed E-state index contributed by atoms with van der Waals surface area (Å²) in [6.07, 6.45) is 9.28. The number of hydrogen-bond donors (Lipinski definition) is 1. The minimum absolute atomic E-state index is 0. The number of rotatable bonds is 7. The van der Waals surface area contributed by atoms with Crippen LogP contribution in [0, 0.1) is 0 Å². The number of aliphatic imine (C=N–C) groups is 1. The van der Waals surface area contributed by atoms with Crippen molar-refractivity contribution in [2.45, 2.75) is 70.4 Å². The molecule has 3 aliphatic heterocycles. The van der Waals surface area contributed by atoms with E-state index in [0.717, 1.165) is 32.1 Å². The van der Waals surface area contributed by atoms with E-state index < -0.39 is 0 Å². The fraction of sp³-hybridized carbons (Fsp3) is 0.957. The summed E-state index contributed by atoms with van der Waals surface area (Å²) in [5.74, 6) is 1.10. The molecule has 0 bridgehead atoms.